The molecule has 3 aromatic rings. The van der Waals surface area contributed by atoms with Gasteiger partial charge in [0.1, 0.15) is 0 Å². The van der Waals surface area contributed by atoms with Gasteiger partial charge in [-0.3, -0.25) is 5.10 Å². The van der Waals surface area contributed by atoms with E-state index in [1.165, 1.54) is 16.4 Å². The van der Waals surface area contributed by atoms with Crippen molar-refractivity contribution in [1.29, 1.82) is 0 Å². The molecule has 0 radical (unpaired) electrons. The molecule has 27 heavy (non-hydrogen) atoms. The molecule has 142 valence electrons. The Bertz CT molecular complexity index is 1150. The van der Waals surface area contributed by atoms with Gasteiger partial charge in [-0.15, -0.1) is 0 Å². The van der Waals surface area contributed by atoms with Gasteiger partial charge in [-0.1, -0.05) is 35.3 Å². The molecular formula is C17H16Cl2N4O3S. The number of rotatable bonds is 3. The molecule has 2 aromatic carbocycles. The lowest BCUT2D eigenvalue weighted by atomic mass is 10.0. The minimum absolute atomic E-state index is 0.0744. The molecule has 1 atom stereocenters. The Morgan fingerprint density at radius 3 is 2.63 bits per heavy atom. The minimum Gasteiger partial charge on any atom is -0.392 e. The van der Waals surface area contributed by atoms with Crippen LogP contribution in [0.5, 0.6) is 0 Å². The SMILES string of the molecule is Nc1n[nH]c2ccc(-c3ccc(S(=O)(=O)N4CC[C@@H](O)C4)cc3Cl)c(Cl)c12. The summed E-state index contributed by atoms with van der Waals surface area (Å²) in [4.78, 5) is 0.0744. The topological polar surface area (TPSA) is 112 Å². The van der Waals surface area contributed by atoms with Crippen molar-refractivity contribution in [3.63, 3.8) is 0 Å². The normalized spacial score (nSPS) is 18.4. The van der Waals surface area contributed by atoms with Crippen molar-refractivity contribution in [3.05, 3.63) is 40.4 Å². The van der Waals surface area contributed by atoms with E-state index < -0.39 is 16.1 Å². The van der Waals surface area contributed by atoms with Crippen LogP contribution < -0.4 is 5.73 Å². The van der Waals surface area contributed by atoms with Crippen LogP contribution in [-0.4, -0.2) is 47.2 Å². The third-order valence-electron chi connectivity index (χ3n) is 4.69. The maximum Gasteiger partial charge on any atom is 0.243 e. The molecule has 0 bridgehead atoms. The largest absolute Gasteiger partial charge is 0.392 e. The summed E-state index contributed by atoms with van der Waals surface area (Å²) >= 11 is 12.9. The Morgan fingerprint density at radius 2 is 1.96 bits per heavy atom. The number of sulfonamides is 1. The van der Waals surface area contributed by atoms with Gasteiger partial charge in [-0.2, -0.15) is 9.40 Å². The maximum absolute atomic E-state index is 12.7. The molecule has 0 amide bonds. The third kappa shape index (κ3) is 3.07. The van der Waals surface area contributed by atoms with Crippen molar-refractivity contribution in [1.82, 2.24) is 14.5 Å². The van der Waals surface area contributed by atoms with Crippen LogP contribution in [0.2, 0.25) is 10.0 Å². The Morgan fingerprint density at radius 1 is 1.22 bits per heavy atom. The Hall–Kier alpha value is -1.84. The van der Waals surface area contributed by atoms with Gasteiger partial charge in [0.25, 0.3) is 0 Å². The summed E-state index contributed by atoms with van der Waals surface area (Å²) in [5.41, 5.74) is 7.77. The number of nitrogens with one attached hydrogen (secondary N) is 1. The number of aliphatic hydroxyl groups is 1. The van der Waals surface area contributed by atoms with E-state index in [0.29, 0.717) is 33.5 Å². The van der Waals surface area contributed by atoms with Gasteiger partial charge >= 0.3 is 0 Å². The monoisotopic (exact) mass is 426 g/mol. The second-order valence-corrected chi connectivity index (χ2v) is 9.13. The summed E-state index contributed by atoms with van der Waals surface area (Å²) < 4.78 is 26.7. The van der Waals surface area contributed by atoms with Gasteiger partial charge in [0.2, 0.25) is 10.0 Å². The standard InChI is InChI=1S/C17H16Cl2N4O3S/c18-13-7-10(27(25,26)23-6-5-9(24)8-23)1-2-11(13)12-3-4-14-15(16(12)19)17(20)22-21-14/h1-4,7,9,24H,5-6,8H2,(H3,20,21,22)/t9-/m1/s1. The number of aliphatic hydroxyl groups excluding tert-OH is 1. The molecule has 7 nitrogen and oxygen atoms in total. The molecule has 0 aliphatic carbocycles. The Labute approximate surface area is 165 Å². The van der Waals surface area contributed by atoms with Gasteiger partial charge < -0.3 is 10.8 Å². The highest BCUT2D eigenvalue weighted by molar-refractivity contribution is 7.89. The summed E-state index contributed by atoms with van der Waals surface area (Å²) in [6, 6.07) is 8.06. The number of anilines is 1. The number of nitrogen functional groups attached to an aromatic ring is 1. The number of hydrogen-bond acceptors (Lipinski definition) is 5. The molecule has 2 heterocycles. The second kappa shape index (κ2) is 6.65. The van der Waals surface area contributed by atoms with Crippen molar-refractivity contribution < 1.29 is 13.5 Å². The highest BCUT2D eigenvalue weighted by Crippen LogP contribution is 2.39. The Balaban J connectivity index is 1.77. The van der Waals surface area contributed by atoms with Crippen LogP contribution in [0.1, 0.15) is 6.42 Å². The number of H-pyrrole nitrogens is 1. The fourth-order valence-electron chi connectivity index (χ4n) is 3.26. The fraction of sp³-hybridized carbons (Fsp3) is 0.235. The summed E-state index contributed by atoms with van der Waals surface area (Å²) in [5.74, 6) is 0.278. The van der Waals surface area contributed by atoms with Crippen LogP contribution in [0.15, 0.2) is 35.2 Å². The molecule has 1 saturated heterocycles. The van der Waals surface area contributed by atoms with Crippen LogP contribution in [0, 0.1) is 0 Å². The first-order chi connectivity index (χ1) is 12.8. The number of fused-ring (bicyclic) bond motifs is 1. The molecule has 0 spiro atoms. The second-order valence-electron chi connectivity index (χ2n) is 6.41. The van der Waals surface area contributed by atoms with Crippen molar-refractivity contribution in [2.75, 3.05) is 18.8 Å². The van der Waals surface area contributed by atoms with E-state index in [4.69, 9.17) is 28.9 Å². The summed E-state index contributed by atoms with van der Waals surface area (Å²) in [6.45, 7) is 0.370. The van der Waals surface area contributed by atoms with E-state index in [9.17, 15) is 13.5 Å². The number of nitrogens with zero attached hydrogens (tertiary/aromatic N) is 2. The molecular weight excluding hydrogens is 411 g/mol. The van der Waals surface area contributed by atoms with Gasteiger partial charge in [0.05, 0.1) is 26.9 Å². The van der Waals surface area contributed by atoms with E-state index in [-0.39, 0.29) is 28.8 Å². The highest BCUT2D eigenvalue weighted by Gasteiger charge is 2.32. The predicted octanol–water partition coefficient (Wildman–Crippen LogP) is 2.87. The lowest BCUT2D eigenvalue weighted by Crippen LogP contribution is -2.29. The molecule has 1 aliphatic heterocycles. The number of aromatic nitrogens is 2. The summed E-state index contributed by atoms with van der Waals surface area (Å²) in [6.07, 6.45) is -0.215. The van der Waals surface area contributed by atoms with Gasteiger partial charge in [0, 0.05) is 29.2 Å². The average molecular weight is 427 g/mol. The number of aromatic amines is 1. The average Bonchev–Trinajstić information content (AvgIpc) is 3.22. The number of nitrogens with two attached hydrogens (primary N) is 1. The lowest BCUT2D eigenvalue weighted by Gasteiger charge is -2.17. The molecule has 1 fully saturated rings. The van der Waals surface area contributed by atoms with Crippen molar-refractivity contribution in [3.8, 4) is 11.1 Å². The number of halogens is 2. The lowest BCUT2D eigenvalue weighted by molar-refractivity contribution is 0.189. The summed E-state index contributed by atoms with van der Waals surface area (Å²) in [7, 11) is -3.71. The van der Waals surface area contributed by atoms with Crippen LogP contribution in [0.25, 0.3) is 22.0 Å². The minimum atomic E-state index is -3.71. The maximum atomic E-state index is 12.7. The predicted molar refractivity (Wildman–Crippen MR) is 105 cm³/mol. The molecule has 0 saturated carbocycles. The van der Waals surface area contributed by atoms with E-state index in [1.807, 2.05) is 0 Å². The van der Waals surface area contributed by atoms with Gasteiger partial charge in [-0.25, -0.2) is 8.42 Å². The van der Waals surface area contributed by atoms with Gasteiger partial charge in [0.15, 0.2) is 5.82 Å². The van der Waals surface area contributed by atoms with Crippen molar-refractivity contribution in [2.24, 2.45) is 0 Å². The zero-order chi connectivity index (χ0) is 19.3. The molecule has 4 N–H and O–H groups in total. The number of hydrogen-bond donors (Lipinski definition) is 3. The number of β-amino-alcohol motifs (C(OH)–C–C–N with tert-alkyl or cyclic N) is 1. The van der Waals surface area contributed by atoms with E-state index in [1.54, 1.807) is 18.2 Å². The van der Waals surface area contributed by atoms with Crippen molar-refractivity contribution in [2.45, 2.75) is 17.4 Å². The highest BCUT2D eigenvalue weighted by atomic mass is 35.5. The van der Waals surface area contributed by atoms with Crippen LogP contribution in [0.4, 0.5) is 5.82 Å². The smallest absolute Gasteiger partial charge is 0.243 e. The van der Waals surface area contributed by atoms with E-state index in [0.717, 1.165) is 0 Å². The molecule has 1 aromatic heterocycles. The Kier molecular flexibility index (Phi) is 4.56. The quantitative estimate of drug-likeness (QED) is 0.595. The zero-order valence-electron chi connectivity index (χ0n) is 14.0. The first-order valence-electron chi connectivity index (χ1n) is 8.19. The molecule has 4 rings (SSSR count). The zero-order valence-corrected chi connectivity index (χ0v) is 16.3. The van der Waals surface area contributed by atoms with Crippen LogP contribution in [0.3, 0.4) is 0 Å². The summed E-state index contributed by atoms with van der Waals surface area (Å²) in [5, 5.41) is 17.6. The van der Waals surface area contributed by atoms with Crippen molar-refractivity contribution >= 4 is 49.9 Å². The molecule has 1 aliphatic rings. The third-order valence-corrected chi connectivity index (χ3v) is 7.26. The van der Waals surface area contributed by atoms with Crippen LogP contribution >= 0.6 is 23.2 Å². The van der Waals surface area contributed by atoms with Gasteiger partial charge in [-0.05, 0) is 24.6 Å². The molecule has 0 unspecified atom stereocenters. The number of benzene rings is 2. The first-order valence-corrected chi connectivity index (χ1v) is 10.4. The fourth-order valence-corrected chi connectivity index (χ4v) is 5.49. The van der Waals surface area contributed by atoms with E-state index in [2.05, 4.69) is 10.2 Å². The first kappa shape index (κ1) is 18.5. The van der Waals surface area contributed by atoms with Crippen LogP contribution in [-0.2, 0) is 10.0 Å². The van der Waals surface area contributed by atoms with E-state index >= 15 is 0 Å². The molecule has 10 heteroatoms.